The lowest BCUT2D eigenvalue weighted by atomic mass is 10.2. The van der Waals surface area contributed by atoms with Crippen LogP contribution in [0.5, 0.6) is 0 Å². The predicted molar refractivity (Wildman–Crippen MR) is 72.7 cm³/mol. The van der Waals surface area contributed by atoms with Gasteiger partial charge in [-0.2, -0.15) is 0 Å². The second kappa shape index (κ2) is 6.05. The molecule has 100 valence electrons. The Kier molecular flexibility index (Phi) is 4.41. The third-order valence-electron chi connectivity index (χ3n) is 2.25. The van der Waals surface area contributed by atoms with Crippen LogP contribution in [0.15, 0.2) is 29.4 Å². The van der Waals surface area contributed by atoms with E-state index in [0.29, 0.717) is 22.4 Å². The molecule has 2 amide bonds. The first-order valence-electron chi connectivity index (χ1n) is 5.31. The number of benzene rings is 1. The first-order chi connectivity index (χ1) is 9.09. The van der Waals surface area contributed by atoms with E-state index in [-0.39, 0.29) is 10.6 Å². The van der Waals surface area contributed by atoms with E-state index < -0.39 is 11.8 Å². The van der Waals surface area contributed by atoms with Gasteiger partial charge in [0.25, 0.3) is 5.91 Å². The highest BCUT2D eigenvalue weighted by molar-refractivity contribution is 8.15. The second-order valence-corrected chi connectivity index (χ2v) is 5.09. The predicted octanol–water partition coefficient (Wildman–Crippen LogP) is 1.26. The lowest BCUT2D eigenvalue weighted by Crippen LogP contribution is -2.46. The van der Waals surface area contributed by atoms with Gasteiger partial charge in [0.1, 0.15) is 6.61 Å². The monoisotopic (exact) mass is 299 g/mol. The molecule has 0 unspecified atom stereocenters. The summed E-state index contributed by atoms with van der Waals surface area (Å²) in [5, 5.41) is 4.53. The standard InChI is InChI=1S/C11H10ClN3O3S/c12-8-3-1-2-7(6-8)10(16)15(13)11(17)9-14-18-4-5-19-9/h1-3,6H,4-5,13H2. The largest absolute Gasteiger partial charge is 0.394 e. The van der Waals surface area contributed by atoms with Gasteiger partial charge in [-0.15, -0.1) is 0 Å². The van der Waals surface area contributed by atoms with Crippen molar-refractivity contribution < 1.29 is 14.4 Å². The number of rotatable bonds is 2. The Morgan fingerprint density at radius 2 is 2.21 bits per heavy atom. The van der Waals surface area contributed by atoms with Gasteiger partial charge in [0, 0.05) is 16.3 Å². The highest BCUT2D eigenvalue weighted by Gasteiger charge is 2.26. The van der Waals surface area contributed by atoms with Gasteiger partial charge in [-0.1, -0.05) is 34.6 Å². The molecular weight excluding hydrogens is 290 g/mol. The number of amides is 2. The molecule has 0 saturated carbocycles. The Morgan fingerprint density at radius 1 is 1.42 bits per heavy atom. The van der Waals surface area contributed by atoms with Crippen LogP contribution in [0.1, 0.15) is 10.4 Å². The number of hydrazine groups is 1. The number of carbonyl (C=O) groups is 2. The van der Waals surface area contributed by atoms with Crippen molar-refractivity contribution in [2.45, 2.75) is 0 Å². The Balaban J connectivity index is 2.15. The summed E-state index contributed by atoms with van der Waals surface area (Å²) in [6.45, 7) is 0.425. The Labute approximate surface area is 118 Å². The molecule has 0 radical (unpaired) electrons. The smallest absolute Gasteiger partial charge is 0.303 e. The van der Waals surface area contributed by atoms with Crippen molar-refractivity contribution in [1.82, 2.24) is 5.01 Å². The zero-order valence-corrected chi connectivity index (χ0v) is 11.3. The minimum Gasteiger partial charge on any atom is -0.394 e. The maximum atomic E-state index is 12.0. The van der Waals surface area contributed by atoms with Gasteiger partial charge >= 0.3 is 5.91 Å². The number of thioether (sulfide) groups is 1. The van der Waals surface area contributed by atoms with Gasteiger partial charge < -0.3 is 4.84 Å². The number of carbonyl (C=O) groups excluding carboxylic acids is 2. The van der Waals surface area contributed by atoms with Crippen LogP contribution >= 0.6 is 23.4 Å². The van der Waals surface area contributed by atoms with Gasteiger partial charge in [-0.05, 0) is 18.2 Å². The lowest BCUT2D eigenvalue weighted by molar-refractivity contribution is -0.121. The van der Waals surface area contributed by atoms with Crippen LogP contribution in [-0.2, 0) is 9.63 Å². The third-order valence-corrected chi connectivity index (χ3v) is 3.38. The molecule has 6 nitrogen and oxygen atoms in total. The fourth-order valence-corrected chi connectivity index (χ4v) is 2.23. The van der Waals surface area contributed by atoms with E-state index in [9.17, 15) is 9.59 Å². The van der Waals surface area contributed by atoms with Crippen LogP contribution in [0, 0.1) is 0 Å². The fraction of sp³-hybridized carbons (Fsp3) is 0.182. The first kappa shape index (κ1) is 13.9. The van der Waals surface area contributed by atoms with Crippen molar-refractivity contribution in [3.63, 3.8) is 0 Å². The highest BCUT2D eigenvalue weighted by Crippen LogP contribution is 2.15. The van der Waals surface area contributed by atoms with Crippen molar-refractivity contribution in [3.05, 3.63) is 34.9 Å². The molecule has 0 saturated heterocycles. The number of oxime groups is 1. The molecular formula is C11H10ClN3O3S. The Morgan fingerprint density at radius 3 is 2.84 bits per heavy atom. The maximum Gasteiger partial charge on any atom is 0.303 e. The van der Waals surface area contributed by atoms with E-state index in [1.807, 2.05) is 0 Å². The quantitative estimate of drug-likeness (QED) is 0.384. The van der Waals surface area contributed by atoms with Gasteiger partial charge in [-0.25, -0.2) is 10.9 Å². The summed E-state index contributed by atoms with van der Waals surface area (Å²) in [4.78, 5) is 28.7. The Hall–Kier alpha value is -1.57. The van der Waals surface area contributed by atoms with E-state index in [1.165, 1.54) is 23.9 Å². The van der Waals surface area contributed by atoms with Crippen LogP contribution in [0.25, 0.3) is 0 Å². The lowest BCUT2D eigenvalue weighted by Gasteiger charge is -2.17. The summed E-state index contributed by atoms with van der Waals surface area (Å²) in [6, 6.07) is 6.18. The molecule has 0 atom stereocenters. The van der Waals surface area contributed by atoms with Crippen molar-refractivity contribution in [3.8, 4) is 0 Å². The normalized spacial score (nSPS) is 14.3. The second-order valence-electron chi connectivity index (χ2n) is 3.57. The molecule has 0 aliphatic carbocycles. The molecule has 1 aliphatic rings. The van der Waals surface area contributed by atoms with E-state index in [2.05, 4.69) is 5.16 Å². The molecule has 1 aliphatic heterocycles. The van der Waals surface area contributed by atoms with Crippen molar-refractivity contribution >= 4 is 40.2 Å². The van der Waals surface area contributed by atoms with E-state index in [4.69, 9.17) is 22.3 Å². The fourth-order valence-electron chi connectivity index (χ4n) is 1.36. The highest BCUT2D eigenvalue weighted by atomic mass is 35.5. The molecule has 1 aromatic carbocycles. The van der Waals surface area contributed by atoms with Crippen LogP contribution < -0.4 is 5.84 Å². The molecule has 2 rings (SSSR count). The average Bonchev–Trinajstić information content (AvgIpc) is 2.46. The van der Waals surface area contributed by atoms with Crippen LogP contribution in [0.4, 0.5) is 0 Å². The third kappa shape index (κ3) is 3.25. The van der Waals surface area contributed by atoms with Gasteiger partial charge in [0.05, 0.1) is 0 Å². The minimum atomic E-state index is -0.699. The molecule has 1 aromatic rings. The van der Waals surface area contributed by atoms with Crippen molar-refractivity contribution in [2.75, 3.05) is 12.4 Å². The van der Waals surface area contributed by atoms with Gasteiger partial charge in [-0.3, -0.25) is 9.59 Å². The van der Waals surface area contributed by atoms with Crippen molar-refractivity contribution in [1.29, 1.82) is 0 Å². The molecule has 1 heterocycles. The maximum absolute atomic E-state index is 12.0. The van der Waals surface area contributed by atoms with Crippen LogP contribution in [0.3, 0.4) is 0 Å². The first-order valence-corrected chi connectivity index (χ1v) is 6.68. The van der Waals surface area contributed by atoms with E-state index >= 15 is 0 Å². The zero-order chi connectivity index (χ0) is 13.8. The average molecular weight is 300 g/mol. The Bertz CT molecular complexity index is 550. The number of hydrogen-bond acceptors (Lipinski definition) is 6. The minimum absolute atomic E-state index is 0.0594. The van der Waals surface area contributed by atoms with Crippen LogP contribution in [-0.4, -0.2) is 34.2 Å². The van der Waals surface area contributed by atoms with Gasteiger partial charge in [0.2, 0.25) is 5.04 Å². The summed E-state index contributed by atoms with van der Waals surface area (Å²) in [5.74, 6) is 4.75. The summed E-state index contributed by atoms with van der Waals surface area (Å²) < 4.78 is 0. The van der Waals surface area contributed by atoms with E-state index in [1.54, 1.807) is 12.1 Å². The number of nitrogens with two attached hydrogens (primary N) is 1. The van der Waals surface area contributed by atoms with Crippen molar-refractivity contribution in [2.24, 2.45) is 11.0 Å². The number of hydrogen-bond donors (Lipinski definition) is 1. The summed E-state index contributed by atoms with van der Waals surface area (Å²) in [5.41, 5.74) is 0.227. The van der Waals surface area contributed by atoms with E-state index in [0.717, 1.165) is 0 Å². The topological polar surface area (TPSA) is 85.0 Å². The zero-order valence-electron chi connectivity index (χ0n) is 9.71. The summed E-state index contributed by atoms with van der Waals surface area (Å²) in [7, 11) is 0. The molecule has 19 heavy (non-hydrogen) atoms. The number of imide groups is 1. The molecule has 8 heteroatoms. The number of halogens is 1. The molecule has 0 spiro atoms. The van der Waals surface area contributed by atoms with Crippen LogP contribution in [0.2, 0.25) is 5.02 Å². The SMILES string of the molecule is NN(C(=O)C1=NOCCS1)C(=O)c1cccc(Cl)c1. The summed E-state index contributed by atoms with van der Waals surface area (Å²) >= 11 is 6.97. The molecule has 0 aromatic heterocycles. The molecule has 2 N–H and O–H groups in total. The summed E-state index contributed by atoms with van der Waals surface area (Å²) in [6.07, 6.45) is 0. The molecule has 0 fully saturated rings. The number of nitrogens with zero attached hydrogens (tertiary/aromatic N) is 2. The van der Waals surface area contributed by atoms with Gasteiger partial charge in [0.15, 0.2) is 0 Å². The molecule has 0 bridgehead atoms.